The Bertz CT molecular complexity index is 893. The fourth-order valence-corrected chi connectivity index (χ4v) is 3.07. The van der Waals surface area contributed by atoms with Crippen LogP contribution in [0.3, 0.4) is 0 Å². The lowest BCUT2D eigenvalue weighted by atomic mass is 10.0. The largest absolute Gasteiger partial charge is 0.476 e. The third-order valence-corrected chi connectivity index (χ3v) is 4.54. The van der Waals surface area contributed by atoms with Crippen LogP contribution in [-0.2, 0) is 9.59 Å². The average Bonchev–Trinajstić information content (AvgIpc) is 2.56. The second-order valence-corrected chi connectivity index (χ2v) is 7.42. The molecular weight excluding hydrogens is 352 g/mol. The molecule has 1 aliphatic rings. The van der Waals surface area contributed by atoms with E-state index in [9.17, 15) is 9.59 Å². The van der Waals surface area contributed by atoms with E-state index in [1.54, 1.807) is 26.0 Å². The van der Waals surface area contributed by atoms with Gasteiger partial charge in [0, 0.05) is 10.7 Å². The van der Waals surface area contributed by atoms with Crippen molar-refractivity contribution in [3.63, 3.8) is 0 Å². The number of hydrogen-bond acceptors (Lipinski definition) is 3. The van der Waals surface area contributed by atoms with Crippen molar-refractivity contribution in [1.82, 2.24) is 0 Å². The van der Waals surface area contributed by atoms with Crippen molar-refractivity contribution in [3.8, 4) is 5.75 Å². The van der Waals surface area contributed by atoms with Gasteiger partial charge in [-0.2, -0.15) is 0 Å². The monoisotopic (exact) mass is 372 g/mol. The lowest BCUT2D eigenvalue weighted by molar-refractivity contribution is -0.133. The smallest absolute Gasteiger partial charge is 0.271 e. The van der Waals surface area contributed by atoms with Gasteiger partial charge >= 0.3 is 0 Å². The van der Waals surface area contributed by atoms with Crippen LogP contribution in [0.4, 0.5) is 11.4 Å². The van der Waals surface area contributed by atoms with Crippen molar-refractivity contribution >= 4 is 34.8 Å². The molecule has 1 heterocycles. The topological polar surface area (TPSA) is 58.6 Å². The SMILES string of the molecule is Cc1ccc2c(c1)N(CC(=O)Nc1cc(Cl)ccc1C)C(=O)C(C)(C)O2. The van der Waals surface area contributed by atoms with Gasteiger partial charge in [-0.25, -0.2) is 0 Å². The molecule has 0 bridgehead atoms. The van der Waals surface area contributed by atoms with Gasteiger partial charge in [0.2, 0.25) is 5.91 Å². The van der Waals surface area contributed by atoms with Crippen LogP contribution in [0.25, 0.3) is 0 Å². The first kappa shape index (κ1) is 18.3. The second-order valence-electron chi connectivity index (χ2n) is 6.98. The minimum Gasteiger partial charge on any atom is -0.476 e. The number of carbonyl (C=O) groups is 2. The molecular formula is C20H21ClN2O3. The lowest BCUT2D eigenvalue weighted by Gasteiger charge is -2.38. The summed E-state index contributed by atoms with van der Waals surface area (Å²) in [5.41, 5.74) is 2.08. The maximum absolute atomic E-state index is 12.8. The third-order valence-electron chi connectivity index (χ3n) is 4.31. The van der Waals surface area contributed by atoms with E-state index in [2.05, 4.69) is 5.32 Å². The van der Waals surface area contributed by atoms with Crippen molar-refractivity contribution in [1.29, 1.82) is 0 Å². The molecule has 0 spiro atoms. The van der Waals surface area contributed by atoms with Crippen LogP contribution in [0.1, 0.15) is 25.0 Å². The van der Waals surface area contributed by atoms with Crippen LogP contribution >= 0.6 is 11.6 Å². The number of anilines is 2. The van der Waals surface area contributed by atoms with E-state index in [0.29, 0.717) is 22.1 Å². The van der Waals surface area contributed by atoms with E-state index >= 15 is 0 Å². The van der Waals surface area contributed by atoms with Crippen LogP contribution in [0.2, 0.25) is 5.02 Å². The molecule has 1 aliphatic heterocycles. The summed E-state index contributed by atoms with van der Waals surface area (Å²) in [6.07, 6.45) is 0. The van der Waals surface area contributed by atoms with Crippen LogP contribution < -0.4 is 15.0 Å². The molecule has 2 aromatic rings. The molecule has 26 heavy (non-hydrogen) atoms. The molecule has 0 fully saturated rings. The Hall–Kier alpha value is -2.53. The third kappa shape index (κ3) is 3.53. The second kappa shape index (κ2) is 6.65. The number of amides is 2. The number of benzene rings is 2. The van der Waals surface area contributed by atoms with Gasteiger partial charge in [-0.15, -0.1) is 0 Å². The zero-order valence-electron chi connectivity index (χ0n) is 15.2. The Morgan fingerprint density at radius 1 is 1.19 bits per heavy atom. The molecule has 0 aliphatic carbocycles. The van der Waals surface area contributed by atoms with E-state index in [0.717, 1.165) is 11.1 Å². The molecule has 0 atom stereocenters. The van der Waals surface area contributed by atoms with Gasteiger partial charge in [-0.3, -0.25) is 14.5 Å². The Labute approximate surface area is 157 Å². The van der Waals surface area contributed by atoms with E-state index in [1.807, 2.05) is 38.1 Å². The first-order chi connectivity index (χ1) is 12.2. The van der Waals surface area contributed by atoms with Crippen molar-refractivity contribution in [2.24, 2.45) is 0 Å². The van der Waals surface area contributed by atoms with Gasteiger partial charge in [0.05, 0.1) is 5.69 Å². The number of aryl methyl sites for hydroxylation is 2. The highest BCUT2D eigenvalue weighted by Gasteiger charge is 2.41. The Balaban J connectivity index is 1.88. The van der Waals surface area contributed by atoms with E-state index in [-0.39, 0.29) is 18.4 Å². The molecule has 1 N–H and O–H groups in total. The summed E-state index contributed by atoms with van der Waals surface area (Å²) in [7, 11) is 0. The van der Waals surface area contributed by atoms with Crippen LogP contribution in [0, 0.1) is 13.8 Å². The van der Waals surface area contributed by atoms with Gasteiger partial charge in [0.1, 0.15) is 12.3 Å². The fourth-order valence-electron chi connectivity index (χ4n) is 2.90. The summed E-state index contributed by atoms with van der Waals surface area (Å²) in [6, 6.07) is 10.9. The quantitative estimate of drug-likeness (QED) is 0.882. The average molecular weight is 373 g/mol. The molecule has 0 aromatic heterocycles. The molecule has 0 saturated carbocycles. The fraction of sp³-hybridized carbons (Fsp3) is 0.300. The first-order valence-corrected chi connectivity index (χ1v) is 8.73. The number of nitrogens with zero attached hydrogens (tertiary/aromatic N) is 1. The van der Waals surface area contributed by atoms with Gasteiger partial charge in [0.15, 0.2) is 5.60 Å². The van der Waals surface area contributed by atoms with Crippen LogP contribution in [0.15, 0.2) is 36.4 Å². The van der Waals surface area contributed by atoms with Gasteiger partial charge in [-0.05, 0) is 63.1 Å². The standard InChI is InChI=1S/C20H21ClN2O3/c1-12-5-8-17-16(9-12)23(19(25)20(3,4)26-17)11-18(24)22-15-10-14(21)7-6-13(15)2/h5-10H,11H2,1-4H3,(H,22,24). The predicted octanol–water partition coefficient (Wildman–Crippen LogP) is 4.10. The number of halogens is 1. The van der Waals surface area contributed by atoms with E-state index in [1.165, 1.54) is 4.90 Å². The number of fused-ring (bicyclic) bond motifs is 1. The Kier molecular flexibility index (Phi) is 4.67. The molecule has 0 saturated heterocycles. The van der Waals surface area contributed by atoms with Crippen molar-refractivity contribution in [3.05, 3.63) is 52.5 Å². The van der Waals surface area contributed by atoms with Crippen molar-refractivity contribution in [2.45, 2.75) is 33.3 Å². The van der Waals surface area contributed by atoms with E-state index in [4.69, 9.17) is 16.3 Å². The highest BCUT2D eigenvalue weighted by atomic mass is 35.5. The molecule has 3 rings (SSSR count). The summed E-state index contributed by atoms with van der Waals surface area (Å²) in [6.45, 7) is 7.11. The molecule has 136 valence electrons. The van der Waals surface area contributed by atoms with Crippen molar-refractivity contribution in [2.75, 3.05) is 16.8 Å². The minimum atomic E-state index is -1.03. The first-order valence-electron chi connectivity index (χ1n) is 8.35. The number of nitrogens with one attached hydrogen (secondary N) is 1. The molecule has 0 unspecified atom stereocenters. The Morgan fingerprint density at radius 3 is 2.65 bits per heavy atom. The summed E-state index contributed by atoms with van der Waals surface area (Å²) in [5, 5.41) is 3.37. The summed E-state index contributed by atoms with van der Waals surface area (Å²) >= 11 is 6.00. The van der Waals surface area contributed by atoms with Gasteiger partial charge < -0.3 is 10.1 Å². The molecule has 6 heteroatoms. The number of ether oxygens (including phenoxy) is 1. The zero-order chi connectivity index (χ0) is 19.1. The van der Waals surface area contributed by atoms with Gasteiger partial charge in [0.25, 0.3) is 5.91 Å². The van der Waals surface area contributed by atoms with Crippen LogP contribution in [0.5, 0.6) is 5.75 Å². The minimum absolute atomic E-state index is 0.103. The number of hydrogen-bond donors (Lipinski definition) is 1. The summed E-state index contributed by atoms with van der Waals surface area (Å²) in [5.74, 6) is 0.0365. The molecule has 2 amide bonds. The molecule has 5 nitrogen and oxygen atoms in total. The number of carbonyl (C=O) groups excluding carboxylic acids is 2. The van der Waals surface area contributed by atoms with Crippen molar-refractivity contribution < 1.29 is 14.3 Å². The zero-order valence-corrected chi connectivity index (χ0v) is 16.0. The maximum Gasteiger partial charge on any atom is 0.271 e. The Morgan fingerprint density at radius 2 is 1.92 bits per heavy atom. The highest BCUT2D eigenvalue weighted by molar-refractivity contribution is 6.31. The van der Waals surface area contributed by atoms with Crippen LogP contribution in [-0.4, -0.2) is 24.0 Å². The normalized spacial score (nSPS) is 15.3. The predicted molar refractivity (Wildman–Crippen MR) is 103 cm³/mol. The number of rotatable bonds is 3. The summed E-state index contributed by atoms with van der Waals surface area (Å²) in [4.78, 5) is 26.9. The van der Waals surface area contributed by atoms with Gasteiger partial charge in [-0.1, -0.05) is 23.7 Å². The van der Waals surface area contributed by atoms with E-state index < -0.39 is 5.60 Å². The maximum atomic E-state index is 12.8. The molecule has 0 radical (unpaired) electrons. The molecule has 2 aromatic carbocycles. The summed E-state index contributed by atoms with van der Waals surface area (Å²) < 4.78 is 5.81. The lowest BCUT2D eigenvalue weighted by Crippen LogP contribution is -2.54. The highest BCUT2D eigenvalue weighted by Crippen LogP contribution is 2.38.